The molecule has 1 atom stereocenters. The Balaban J connectivity index is 2.50. The van der Waals surface area contributed by atoms with Crippen molar-refractivity contribution >= 4 is 17.0 Å². The summed E-state index contributed by atoms with van der Waals surface area (Å²) in [5.41, 5.74) is 7.24. The predicted molar refractivity (Wildman–Crippen MR) is 68.9 cm³/mol. The summed E-state index contributed by atoms with van der Waals surface area (Å²) in [5.74, 6) is -0.319. The molecule has 2 aromatic heterocycles. The van der Waals surface area contributed by atoms with Crippen molar-refractivity contribution in [2.75, 3.05) is 7.11 Å². The third-order valence-corrected chi connectivity index (χ3v) is 3.09. The summed E-state index contributed by atoms with van der Waals surface area (Å²) in [6.07, 6.45) is 3.79. The number of aromatic nitrogens is 2. The number of ether oxygens (including phenoxy) is 1. The van der Waals surface area contributed by atoms with Gasteiger partial charge < -0.3 is 15.0 Å². The molecule has 0 aliphatic rings. The maximum Gasteiger partial charge on any atom is 0.307 e. The number of aryl methyl sites for hydroxylation is 1. The van der Waals surface area contributed by atoms with E-state index in [-0.39, 0.29) is 12.4 Å². The minimum atomic E-state index is -0.768. The number of pyridine rings is 1. The molecule has 0 aliphatic heterocycles. The van der Waals surface area contributed by atoms with Crippen LogP contribution in [0.2, 0.25) is 0 Å². The molecule has 0 aromatic carbocycles. The second kappa shape index (κ2) is 4.42. The zero-order valence-corrected chi connectivity index (χ0v) is 10.8. The monoisotopic (exact) mass is 247 g/mol. The van der Waals surface area contributed by atoms with Crippen LogP contribution in [0, 0.1) is 0 Å². The predicted octanol–water partition coefficient (Wildman–Crippen LogP) is 1.31. The molecule has 0 radical (unpaired) electrons. The molecule has 0 spiro atoms. The van der Waals surface area contributed by atoms with Crippen molar-refractivity contribution in [3.63, 3.8) is 0 Å². The van der Waals surface area contributed by atoms with Crippen molar-refractivity contribution in [1.29, 1.82) is 0 Å². The van der Waals surface area contributed by atoms with Crippen LogP contribution in [0.4, 0.5) is 0 Å². The second-order valence-electron chi connectivity index (χ2n) is 4.70. The van der Waals surface area contributed by atoms with Crippen LogP contribution in [-0.2, 0) is 22.1 Å². The molecule has 0 unspecified atom stereocenters. The lowest BCUT2D eigenvalue weighted by Crippen LogP contribution is -2.35. The normalized spacial score (nSPS) is 14.4. The summed E-state index contributed by atoms with van der Waals surface area (Å²) >= 11 is 0. The fraction of sp³-hybridized carbons (Fsp3) is 0.385. The van der Waals surface area contributed by atoms with Gasteiger partial charge in [0.15, 0.2) is 0 Å². The number of carbonyl (C=O) groups is 1. The van der Waals surface area contributed by atoms with Crippen LogP contribution < -0.4 is 5.73 Å². The Bertz CT molecular complexity index is 587. The molecule has 2 heterocycles. The minimum absolute atomic E-state index is 0.136. The van der Waals surface area contributed by atoms with Crippen LogP contribution in [0.5, 0.6) is 0 Å². The van der Waals surface area contributed by atoms with Crippen molar-refractivity contribution in [3.8, 4) is 0 Å². The molecule has 2 rings (SSSR count). The molecule has 0 aliphatic carbocycles. The first kappa shape index (κ1) is 12.6. The molecule has 5 heteroatoms. The van der Waals surface area contributed by atoms with Crippen LogP contribution in [0.15, 0.2) is 24.5 Å². The Morgan fingerprint density at radius 3 is 3.00 bits per heavy atom. The maximum absolute atomic E-state index is 11.4. The fourth-order valence-corrected chi connectivity index (χ4v) is 2.13. The maximum atomic E-state index is 11.4. The summed E-state index contributed by atoms with van der Waals surface area (Å²) in [5, 5.41) is 0.967. The lowest BCUT2D eigenvalue weighted by atomic mass is 9.90. The van der Waals surface area contributed by atoms with Crippen molar-refractivity contribution in [1.82, 2.24) is 9.55 Å². The summed E-state index contributed by atoms with van der Waals surface area (Å²) in [7, 11) is 3.27. The number of nitrogens with two attached hydrogens (primary N) is 1. The summed E-state index contributed by atoms with van der Waals surface area (Å²) in [4.78, 5) is 15.7. The highest BCUT2D eigenvalue weighted by Gasteiger charge is 2.29. The van der Waals surface area contributed by atoms with Gasteiger partial charge in [-0.25, -0.2) is 4.98 Å². The van der Waals surface area contributed by atoms with Gasteiger partial charge in [-0.3, -0.25) is 4.79 Å². The van der Waals surface area contributed by atoms with E-state index in [1.807, 2.05) is 36.9 Å². The molecule has 2 N–H and O–H groups in total. The van der Waals surface area contributed by atoms with Gasteiger partial charge in [0.1, 0.15) is 5.65 Å². The molecule has 0 amide bonds. The number of nitrogens with zero attached hydrogens (tertiary/aromatic N) is 2. The van der Waals surface area contributed by atoms with Gasteiger partial charge in [-0.2, -0.15) is 0 Å². The third-order valence-electron chi connectivity index (χ3n) is 3.09. The Kier molecular flexibility index (Phi) is 3.09. The molecular formula is C13H17N3O2. The van der Waals surface area contributed by atoms with Gasteiger partial charge in [-0.15, -0.1) is 0 Å². The van der Waals surface area contributed by atoms with Gasteiger partial charge >= 0.3 is 5.97 Å². The smallest absolute Gasteiger partial charge is 0.307 e. The van der Waals surface area contributed by atoms with E-state index >= 15 is 0 Å². The van der Waals surface area contributed by atoms with Crippen LogP contribution in [0.3, 0.4) is 0 Å². The lowest BCUT2D eigenvalue weighted by Gasteiger charge is -2.22. The quantitative estimate of drug-likeness (QED) is 0.830. The van der Waals surface area contributed by atoms with Crippen LogP contribution >= 0.6 is 0 Å². The number of fused-ring (bicyclic) bond motifs is 1. The molecule has 2 aromatic rings. The highest BCUT2D eigenvalue weighted by molar-refractivity contribution is 5.82. The largest absolute Gasteiger partial charge is 0.469 e. The van der Waals surface area contributed by atoms with Crippen LogP contribution in [0.1, 0.15) is 18.9 Å². The highest BCUT2D eigenvalue weighted by Crippen LogP contribution is 2.29. The lowest BCUT2D eigenvalue weighted by molar-refractivity contribution is -0.141. The summed E-state index contributed by atoms with van der Waals surface area (Å²) in [6.45, 7) is 1.83. The fourth-order valence-electron chi connectivity index (χ4n) is 2.13. The first-order chi connectivity index (χ1) is 8.45. The number of esters is 1. The SMILES string of the molecule is COC(=O)C[C@](C)(N)c1cn(C)c2ncccc12. The Morgan fingerprint density at radius 1 is 1.61 bits per heavy atom. The Labute approximate surface area is 106 Å². The van der Waals surface area contributed by atoms with Crippen molar-refractivity contribution in [3.05, 3.63) is 30.1 Å². The number of hydrogen-bond acceptors (Lipinski definition) is 4. The standard InChI is InChI=1S/C13H17N3O2/c1-13(14,7-11(17)18-3)10-8-16(2)12-9(10)5-4-6-15-12/h4-6,8H,7,14H2,1-3H3/t13-/m0/s1. The first-order valence-corrected chi connectivity index (χ1v) is 5.72. The van der Waals surface area contributed by atoms with Crippen molar-refractivity contribution in [2.45, 2.75) is 18.9 Å². The summed E-state index contributed by atoms with van der Waals surface area (Å²) in [6, 6.07) is 3.82. The second-order valence-corrected chi connectivity index (χ2v) is 4.70. The van der Waals surface area contributed by atoms with Gasteiger partial charge in [0.25, 0.3) is 0 Å². The first-order valence-electron chi connectivity index (χ1n) is 5.72. The topological polar surface area (TPSA) is 70.1 Å². The van der Waals surface area contributed by atoms with E-state index in [0.717, 1.165) is 16.6 Å². The Morgan fingerprint density at radius 2 is 2.33 bits per heavy atom. The van der Waals surface area contributed by atoms with Gasteiger partial charge in [-0.05, 0) is 24.6 Å². The molecule has 0 saturated heterocycles. The van der Waals surface area contributed by atoms with Crippen molar-refractivity contribution in [2.24, 2.45) is 12.8 Å². The van der Waals surface area contributed by atoms with E-state index in [2.05, 4.69) is 9.72 Å². The number of rotatable bonds is 3. The van der Waals surface area contributed by atoms with E-state index in [9.17, 15) is 4.79 Å². The van der Waals surface area contributed by atoms with Gasteiger partial charge in [-0.1, -0.05) is 0 Å². The average molecular weight is 247 g/mol. The molecule has 0 bridgehead atoms. The zero-order chi connectivity index (χ0) is 13.3. The molecule has 96 valence electrons. The molecule has 0 saturated carbocycles. The van der Waals surface area contributed by atoms with E-state index < -0.39 is 5.54 Å². The zero-order valence-electron chi connectivity index (χ0n) is 10.8. The molecular weight excluding hydrogens is 230 g/mol. The van der Waals surface area contributed by atoms with Gasteiger partial charge in [0, 0.05) is 24.8 Å². The Hall–Kier alpha value is -1.88. The van der Waals surface area contributed by atoms with E-state index in [1.165, 1.54) is 7.11 Å². The van der Waals surface area contributed by atoms with E-state index in [0.29, 0.717) is 0 Å². The van der Waals surface area contributed by atoms with E-state index in [1.54, 1.807) is 6.20 Å². The van der Waals surface area contributed by atoms with E-state index in [4.69, 9.17) is 5.73 Å². The van der Waals surface area contributed by atoms with Gasteiger partial charge in [0.2, 0.25) is 0 Å². The average Bonchev–Trinajstić information content (AvgIpc) is 2.68. The summed E-state index contributed by atoms with van der Waals surface area (Å²) < 4.78 is 6.59. The van der Waals surface area contributed by atoms with Crippen LogP contribution in [0.25, 0.3) is 11.0 Å². The highest BCUT2D eigenvalue weighted by atomic mass is 16.5. The number of carbonyl (C=O) groups excluding carboxylic acids is 1. The number of methoxy groups -OCH3 is 1. The molecule has 18 heavy (non-hydrogen) atoms. The van der Waals surface area contributed by atoms with Gasteiger partial charge in [0.05, 0.1) is 19.1 Å². The third kappa shape index (κ3) is 2.09. The number of hydrogen-bond donors (Lipinski definition) is 1. The minimum Gasteiger partial charge on any atom is -0.469 e. The van der Waals surface area contributed by atoms with Crippen LogP contribution in [-0.4, -0.2) is 22.6 Å². The van der Waals surface area contributed by atoms with Crippen molar-refractivity contribution < 1.29 is 9.53 Å². The molecule has 0 fully saturated rings. The molecule has 5 nitrogen and oxygen atoms in total.